The first-order valence-electron chi connectivity index (χ1n) is 7.08. The maximum atomic E-state index is 12.1. The van der Waals surface area contributed by atoms with E-state index >= 15 is 0 Å². The number of rotatable bonds is 4. The molecular weight excluding hydrogens is 392 g/mol. The molecule has 0 radical (unpaired) electrons. The first kappa shape index (κ1) is 16.5. The van der Waals surface area contributed by atoms with Crippen molar-refractivity contribution in [1.29, 1.82) is 0 Å². The summed E-state index contributed by atoms with van der Waals surface area (Å²) in [4.78, 5) is 17.1. The fourth-order valence-electron chi connectivity index (χ4n) is 2.18. The number of carbonyl (C=O) groups excluding carboxylic acids is 1. The number of benzene rings is 2. The van der Waals surface area contributed by atoms with Gasteiger partial charge >= 0.3 is 0 Å². The normalized spacial score (nSPS) is 12.0. The summed E-state index contributed by atoms with van der Waals surface area (Å²) in [6, 6.07) is 16.2. The van der Waals surface area contributed by atoms with Crippen LogP contribution in [-0.4, -0.2) is 16.2 Å². The van der Waals surface area contributed by atoms with Crippen molar-refractivity contribution in [2.75, 3.05) is 5.75 Å². The van der Waals surface area contributed by atoms with Gasteiger partial charge in [-0.2, -0.15) is 4.99 Å². The molecule has 1 aromatic heterocycles. The monoisotopic (exact) mass is 406 g/mol. The molecule has 3 aromatic rings. The minimum absolute atomic E-state index is 0.0906. The van der Waals surface area contributed by atoms with Crippen LogP contribution in [0.25, 0.3) is 10.2 Å². The molecule has 0 fully saturated rings. The number of aromatic nitrogens is 1. The summed E-state index contributed by atoms with van der Waals surface area (Å²) in [7, 11) is 1.94. The molecule has 0 aliphatic rings. The zero-order valence-corrected chi connectivity index (χ0v) is 15.7. The Hall–Kier alpha value is -1.37. The first-order valence-corrected chi connectivity index (χ1v) is 9.84. The largest absolute Gasteiger partial charge is 0.319 e. The third-order valence-corrected chi connectivity index (χ3v) is 5.91. The van der Waals surface area contributed by atoms with Crippen LogP contribution in [0.2, 0.25) is 0 Å². The molecule has 23 heavy (non-hydrogen) atoms. The molecule has 6 heteroatoms. The third kappa shape index (κ3) is 4.13. The van der Waals surface area contributed by atoms with Crippen LogP contribution in [0.1, 0.15) is 5.56 Å². The highest BCUT2D eigenvalue weighted by molar-refractivity contribution is 9.10. The van der Waals surface area contributed by atoms with Crippen LogP contribution in [0, 0.1) is 0 Å². The van der Waals surface area contributed by atoms with Crippen LogP contribution >= 0.6 is 39.0 Å². The molecule has 0 aliphatic heterocycles. The van der Waals surface area contributed by atoms with Gasteiger partial charge in [-0.05, 0) is 23.8 Å². The summed E-state index contributed by atoms with van der Waals surface area (Å²) in [6.07, 6.45) is 0. The highest BCUT2D eigenvalue weighted by atomic mass is 79.9. The number of amides is 1. The van der Waals surface area contributed by atoms with E-state index in [9.17, 15) is 4.79 Å². The Morgan fingerprint density at radius 1 is 1.26 bits per heavy atom. The Morgan fingerprint density at radius 3 is 2.83 bits per heavy atom. The Morgan fingerprint density at radius 2 is 2.04 bits per heavy atom. The second-order valence-corrected chi connectivity index (χ2v) is 7.95. The van der Waals surface area contributed by atoms with Crippen molar-refractivity contribution in [1.82, 2.24) is 4.57 Å². The molecular formula is C17H15BrN2OS2. The summed E-state index contributed by atoms with van der Waals surface area (Å²) in [5.41, 5.74) is 2.31. The van der Waals surface area contributed by atoms with E-state index in [1.54, 1.807) is 11.8 Å². The van der Waals surface area contributed by atoms with Crippen molar-refractivity contribution in [2.45, 2.75) is 5.75 Å². The highest BCUT2D eigenvalue weighted by Crippen LogP contribution is 2.21. The van der Waals surface area contributed by atoms with Crippen LogP contribution in [0.4, 0.5) is 0 Å². The van der Waals surface area contributed by atoms with Gasteiger partial charge in [0.05, 0.1) is 16.0 Å². The lowest BCUT2D eigenvalue weighted by Crippen LogP contribution is -2.14. The summed E-state index contributed by atoms with van der Waals surface area (Å²) in [5, 5.41) is 0. The minimum Gasteiger partial charge on any atom is -0.319 e. The van der Waals surface area contributed by atoms with Gasteiger partial charge in [0.15, 0.2) is 4.80 Å². The molecule has 0 N–H and O–H groups in total. The lowest BCUT2D eigenvalue weighted by molar-refractivity contribution is -0.115. The van der Waals surface area contributed by atoms with Crippen LogP contribution < -0.4 is 4.80 Å². The number of carbonyl (C=O) groups is 1. The smallest absolute Gasteiger partial charge is 0.258 e. The van der Waals surface area contributed by atoms with Crippen LogP contribution in [0.3, 0.4) is 0 Å². The van der Waals surface area contributed by atoms with E-state index in [-0.39, 0.29) is 5.91 Å². The molecule has 0 bridgehead atoms. The molecule has 1 heterocycles. The van der Waals surface area contributed by atoms with Gasteiger partial charge < -0.3 is 4.57 Å². The van der Waals surface area contributed by atoms with Gasteiger partial charge in [-0.1, -0.05) is 57.6 Å². The van der Waals surface area contributed by atoms with Gasteiger partial charge in [-0.15, -0.1) is 11.8 Å². The average Bonchev–Trinajstić information content (AvgIpc) is 2.83. The van der Waals surface area contributed by atoms with E-state index < -0.39 is 0 Å². The zero-order valence-electron chi connectivity index (χ0n) is 12.5. The van der Waals surface area contributed by atoms with Crippen molar-refractivity contribution in [2.24, 2.45) is 12.0 Å². The molecule has 1 amide bonds. The van der Waals surface area contributed by atoms with E-state index in [1.165, 1.54) is 16.9 Å². The quantitative estimate of drug-likeness (QED) is 0.644. The van der Waals surface area contributed by atoms with Gasteiger partial charge in [0, 0.05) is 17.3 Å². The molecule has 0 unspecified atom stereocenters. The molecule has 3 rings (SSSR count). The minimum atomic E-state index is -0.0906. The van der Waals surface area contributed by atoms with Crippen molar-refractivity contribution in [3.63, 3.8) is 0 Å². The van der Waals surface area contributed by atoms with Crippen LogP contribution in [0.15, 0.2) is 58.0 Å². The standard InChI is InChI=1S/C17H15BrN2OS2/c1-20-14-8-7-13(18)9-15(14)23-17(20)19-16(21)11-22-10-12-5-3-2-4-6-12/h2-9H,10-11H2,1H3. The third-order valence-electron chi connectivity index (χ3n) is 3.33. The number of halogens is 1. The number of thiazole rings is 1. The lowest BCUT2D eigenvalue weighted by atomic mass is 10.2. The molecule has 0 saturated carbocycles. The van der Waals surface area contributed by atoms with E-state index in [2.05, 4.69) is 33.1 Å². The van der Waals surface area contributed by atoms with E-state index in [0.717, 1.165) is 25.2 Å². The topological polar surface area (TPSA) is 34.4 Å². The maximum absolute atomic E-state index is 12.1. The van der Waals surface area contributed by atoms with E-state index in [1.807, 2.05) is 48.0 Å². The number of nitrogens with zero attached hydrogens (tertiary/aromatic N) is 2. The summed E-state index contributed by atoms with van der Waals surface area (Å²) < 4.78 is 4.11. The average molecular weight is 407 g/mol. The Bertz CT molecular complexity index is 900. The fourth-order valence-corrected chi connectivity index (χ4v) is 4.54. The number of thioether (sulfide) groups is 1. The van der Waals surface area contributed by atoms with E-state index in [4.69, 9.17) is 0 Å². The Balaban J connectivity index is 1.71. The summed E-state index contributed by atoms with van der Waals surface area (Å²) >= 11 is 6.60. The molecule has 118 valence electrons. The summed E-state index contributed by atoms with van der Waals surface area (Å²) in [5.74, 6) is 1.13. The van der Waals surface area contributed by atoms with Gasteiger partial charge in [-0.25, -0.2) is 0 Å². The number of hydrogen-bond donors (Lipinski definition) is 0. The summed E-state index contributed by atoms with van der Waals surface area (Å²) in [6.45, 7) is 0. The van der Waals surface area contributed by atoms with Gasteiger partial charge in [0.25, 0.3) is 5.91 Å². The zero-order chi connectivity index (χ0) is 16.2. The maximum Gasteiger partial charge on any atom is 0.258 e. The number of hydrogen-bond acceptors (Lipinski definition) is 3. The molecule has 0 spiro atoms. The van der Waals surface area contributed by atoms with Gasteiger partial charge in [0.1, 0.15) is 0 Å². The van der Waals surface area contributed by atoms with Gasteiger partial charge in [-0.3, -0.25) is 4.79 Å². The number of fused-ring (bicyclic) bond motifs is 1. The second kappa shape index (κ2) is 7.47. The molecule has 0 atom stereocenters. The second-order valence-electron chi connectivity index (χ2n) is 5.04. The Labute approximate surface area is 151 Å². The number of aryl methyl sites for hydroxylation is 1. The van der Waals surface area contributed by atoms with Gasteiger partial charge in [0.2, 0.25) is 0 Å². The first-order chi connectivity index (χ1) is 11.1. The van der Waals surface area contributed by atoms with Crippen molar-refractivity contribution < 1.29 is 4.79 Å². The van der Waals surface area contributed by atoms with Crippen molar-refractivity contribution in [3.8, 4) is 0 Å². The fraction of sp³-hybridized carbons (Fsp3) is 0.176. The SMILES string of the molecule is Cn1c(=NC(=O)CSCc2ccccc2)sc2cc(Br)ccc21. The van der Waals surface area contributed by atoms with Crippen LogP contribution in [0.5, 0.6) is 0 Å². The predicted molar refractivity (Wildman–Crippen MR) is 102 cm³/mol. The lowest BCUT2D eigenvalue weighted by Gasteiger charge is -1.99. The molecule has 2 aromatic carbocycles. The molecule has 0 aliphatic carbocycles. The Kier molecular flexibility index (Phi) is 5.35. The van der Waals surface area contributed by atoms with Crippen molar-refractivity contribution in [3.05, 3.63) is 63.4 Å². The van der Waals surface area contributed by atoms with E-state index in [0.29, 0.717) is 5.75 Å². The highest BCUT2D eigenvalue weighted by Gasteiger charge is 2.06. The van der Waals surface area contributed by atoms with Crippen molar-refractivity contribution >= 4 is 55.2 Å². The van der Waals surface area contributed by atoms with Crippen LogP contribution in [-0.2, 0) is 17.6 Å². The molecule has 3 nitrogen and oxygen atoms in total. The molecule has 0 saturated heterocycles. The predicted octanol–water partition coefficient (Wildman–Crippen LogP) is 4.36.